The molecule has 4 rings (SSSR count). The molecule has 0 bridgehead atoms. The zero-order chi connectivity index (χ0) is 27.9. The minimum absolute atomic E-state index is 0.0272. The van der Waals surface area contributed by atoms with Gasteiger partial charge in [0.2, 0.25) is 5.91 Å². The number of hydrogen-bond acceptors (Lipinski definition) is 5. The van der Waals surface area contributed by atoms with E-state index in [-0.39, 0.29) is 30.3 Å². The Morgan fingerprint density at radius 1 is 1.08 bits per heavy atom. The highest BCUT2D eigenvalue weighted by Gasteiger charge is 2.34. The molecular weight excluding hydrogens is 508 g/mol. The van der Waals surface area contributed by atoms with Gasteiger partial charge < -0.3 is 19.3 Å². The lowest BCUT2D eigenvalue weighted by Crippen LogP contribution is -2.48. The molecule has 3 aromatic rings. The summed E-state index contributed by atoms with van der Waals surface area (Å²) in [5.41, 5.74) is 2.93. The van der Waals surface area contributed by atoms with Crippen LogP contribution in [-0.4, -0.2) is 55.0 Å². The van der Waals surface area contributed by atoms with Crippen LogP contribution >= 0.6 is 11.3 Å². The maximum absolute atomic E-state index is 13.9. The number of carbonyl (C=O) groups excluding carboxylic acids is 2. The van der Waals surface area contributed by atoms with Gasteiger partial charge >= 0.3 is 0 Å². The van der Waals surface area contributed by atoms with Gasteiger partial charge in [-0.15, -0.1) is 11.3 Å². The number of fused-ring (bicyclic) bond motifs is 1. The molecule has 1 aliphatic heterocycles. The largest absolute Gasteiger partial charge is 0.497 e. The third-order valence-corrected chi connectivity index (χ3v) is 8.53. The van der Waals surface area contributed by atoms with Crippen molar-refractivity contribution in [3.05, 3.63) is 81.5 Å². The minimum atomic E-state index is -0.199. The Morgan fingerprint density at radius 2 is 1.85 bits per heavy atom. The van der Waals surface area contributed by atoms with E-state index in [1.807, 2.05) is 23.1 Å². The highest BCUT2D eigenvalue weighted by Crippen LogP contribution is 2.34. The van der Waals surface area contributed by atoms with Crippen LogP contribution in [0.25, 0.3) is 0 Å². The summed E-state index contributed by atoms with van der Waals surface area (Å²) < 4.78 is 11.6. The molecule has 0 fully saturated rings. The highest BCUT2D eigenvalue weighted by molar-refractivity contribution is 7.10. The fourth-order valence-electron chi connectivity index (χ4n) is 4.92. The molecule has 0 radical (unpaired) electrons. The van der Waals surface area contributed by atoms with Gasteiger partial charge in [-0.3, -0.25) is 9.59 Å². The fraction of sp³-hybridized carbons (Fsp3) is 0.438. The second-order valence-corrected chi connectivity index (χ2v) is 11.6. The Hall–Kier alpha value is -3.32. The molecule has 39 heavy (non-hydrogen) atoms. The molecule has 0 saturated carbocycles. The van der Waals surface area contributed by atoms with Crippen molar-refractivity contribution >= 4 is 23.2 Å². The number of thiophene rings is 1. The summed E-state index contributed by atoms with van der Waals surface area (Å²) in [5, 5.41) is 2.09. The molecule has 1 aromatic heterocycles. The first kappa shape index (κ1) is 28.7. The van der Waals surface area contributed by atoms with Crippen LogP contribution in [0.15, 0.2) is 60.0 Å². The Bertz CT molecular complexity index is 1250. The molecule has 6 nitrogen and oxygen atoms in total. The van der Waals surface area contributed by atoms with E-state index in [1.54, 1.807) is 41.5 Å². The van der Waals surface area contributed by atoms with Crippen molar-refractivity contribution in [2.75, 3.05) is 33.4 Å². The van der Waals surface area contributed by atoms with Crippen molar-refractivity contribution in [2.24, 2.45) is 5.92 Å². The Balaban J connectivity index is 1.53. The average molecular weight is 549 g/mol. The molecule has 2 atom stereocenters. The third kappa shape index (κ3) is 7.01. The van der Waals surface area contributed by atoms with Crippen molar-refractivity contribution in [3.63, 3.8) is 0 Å². The van der Waals surface area contributed by atoms with E-state index in [1.165, 1.54) is 10.4 Å². The van der Waals surface area contributed by atoms with Gasteiger partial charge in [0, 0.05) is 23.5 Å². The molecule has 0 N–H and O–H groups in total. The van der Waals surface area contributed by atoms with Gasteiger partial charge in [-0.1, -0.05) is 52.3 Å². The maximum Gasteiger partial charge on any atom is 0.254 e. The number of hydrogen-bond donors (Lipinski definition) is 0. The van der Waals surface area contributed by atoms with E-state index >= 15 is 0 Å². The van der Waals surface area contributed by atoms with Gasteiger partial charge in [0.1, 0.15) is 24.7 Å². The van der Waals surface area contributed by atoms with Crippen LogP contribution in [0.5, 0.6) is 11.5 Å². The number of ether oxygens (including phenoxy) is 2. The molecule has 7 heteroatoms. The summed E-state index contributed by atoms with van der Waals surface area (Å²) in [6.45, 7) is 10.1. The monoisotopic (exact) mass is 548 g/mol. The van der Waals surface area contributed by atoms with Gasteiger partial charge in [-0.05, 0) is 71.2 Å². The number of benzene rings is 2. The van der Waals surface area contributed by atoms with Crippen molar-refractivity contribution in [2.45, 2.75) is 52.5 Å². The normalized spacial score (nSPS) is 15.5. The number of carbonyl (C=O) groups is 2. The number of rotatable bonds is 11. The topological polar surface area (TPSA) is 59.1 Å². The Kier molecular flexibility index (Phi) is 9.68. The van der Waals surface area contributed by atoms with Crippen LogP contribution in [0.3, 0.4) is 0 Å². The van der Waals surface area contributed by atoms with Crippen molar-refractivity contribution < 1.29 is 19.1 Å². The lowest BCUT2D eigenvalue weighted by molar-refractivity contribution is -0.135. The minimum Gasteiger partial charge on any atom is -0.497 e. The molecule has 0 unspecified atom stereocenters. The van der Waals surface area contributed by atoms with Crippen LogP contribution in [-0.2, 0) is 11.2 Å². The summed E-state index contributed by atoms with van der Waals surface area (Å²) in [7, 11) is 1.58. The van der Waals surface area contributed by atoms with Crippen molar-refractivity contribution in [1.82, 2.24) is 9.80 Å². The predicted octanol–water partition coefficient (Wildman–Crippen LogP) is 6.57. The first-order chi connectivity index (χ1) is 18.8. The van der Waals surface area contributed by atoms with E-state index in [0.29, 0.717) is 36.9 Å². The molecule has 0 aliphatic carbocycles. The number of amides is 2. The van der Waals surface area contributed by atoms with Gasteiger partial charge in [0.15, 0.2) is 0 Å². The smallest absolute Gasteiger partial charge is 0.254 e. The van der Waals surface area contributed by atoms with Crippen LogP contribution in [0.1, 0.15) is 72.4 Å². The third-order valence-electron chi connectivity index (χ3n) is 7.53. The second kappa shape index (κ2) is 13.2. The van der Waals surface area contributed by atoms with E-state index in [2.05, 4.69) is 51.3 Å². The number of methoxy groups -OCH3 is 1. The van der Waals surface area contributed by atoms with E-state index in [0.717, 1.165) is 24.2 Å². The zero-order valence-corrected chi connectivity index (χ0v) is 24.5. The van der Waals surface area contributed by atoms with Crippen LogP contribution in [0.2, 0.25) is 0 Å². The summed E-state index contributed by atoms with van der Waals surface area (Å²) in [6, 6.07) is 17.2. The molecule has 2 heterocycles. The standard InChI is InChI=1S/C32H40N2O4S/c1-6-23(4)19-33(32(36)25-8-7-9-27(18-25)37-5)20-31(35)34-16-14-30-28(15-17-39-30)29(34)21-38-26-12-10-24(11-13-26)22(2)3/h7-13,15,17-18,22-23,29H,6,14,16,19-21H2,1-5H3/t23-,29-/m0/s1. The summed E-state index contributed by atoms with van der Waals surface area (Å²) in [4.78, 5) is 32.3. The first-order valence-corrected chi connectivity index (χ1v) is 14.7. The van der Waals surface area contributed by atoms with Gasteiger partial charge in [-0.25, -0.2) is 0 Å². The highest BCUT2D eigenvalue weighted by atomic mass is 32.1. The van der Waals surface area contributed by atoms with Crippen LogP contribution in [0, 0.1) is 5.92 Å². The fourth-order valence-corrected chi connectivity index (χ4v) is 5.84. The van der Waals surface area contributed by atoms with Crippen molar-refractivity contribution in [1.29, 1.82) is 0 Å². The van der Waals surface area contributed by atoms with Gasteiger partial charge in [-0.2, -0.15) is 0 Å². The first-order valence-electron chi connectivity index (χ1n) is 13.8. The summed E-state index contributed by atoms with van der Waals surface area (Å²) in [6.07, 6.45) is 1.73. The van der Waals surface area contributed by atoms with Crippen molar-refractivity contribution in [3.8, 4) is 11.5 Å². The number of nitrogens with zero attached hydrogens (tertiary/aromatic N) is 2. The van der Waals surface area contributed by atoms with Crippen LogP contribution in [0.4, 0.5) is 0 Å². The van der Waals surface area contributed by atoms with E-state index in [4.69, 9.17) is 9.47 Å². The predicted molar refractivity (Wildman–Crippen MR) is 157 cm³/mol. The molecule has 0 spiro atoms. The quantitative estimate of drug-likeness (QED) is 0.272. The molecule has 208 valence electrons. The summed E-state index contributed by atoms with van der Waals surface area (Å²) in [5.74, 6) is 1.92. The van der Waals surface area contributed by atoms with Crippen LogP contribution < -0.4 is 9.47 Å². The molecule has 2 amide bonds. The molecule has 0 saturated heterocycles. The Morgan fingerprint density at radius 3 is 2.54 bits per heavy atom. The molecular formula is C32H40N2O4S. The zero-order valence-electron chi connectivity index (χ0n) is 23.7. The van der Waals surface area contributed by atoms with Gasteiger partial charge in [0.25, 0.3) is 5.91 Å². The SMILES string of the molecule is CC[C@H](C)CN(CC(=O)N1CCc2sccc2[C@@H]1COc1ccc(C(C)C)cc1)C(=O)c1cccc(OC)c1. The molecule has 1 aliphatic rings. The lowest BCUT2D eigenvalue weighted by atomic mass is 10.00. The Labute approximate surface area is 236 Å². The molecule has 2 aromatic carbocycles. The van der Waals surface area contributed by atoms with Gasteiger partial charge in [0.05, 0.1) is 13.2 Å². The van der Waals surface area contributed by atoms with E-state index < -0.39 is 0 Å². The second-order valence-electron chi connectivity index (χ2n) is 10.6. The van der Waals surface area contributed by atoms with E-state index in [9.17, 15) is 9.59 Å². The average Bonchev–Trinajstić information content (AvgIpc) is 3.44. The lowest BCUT2D eigenvalue weighted by Gasteiger charge is -2.37. The summed E-state index contributed by atoms with van der Waals surface area (Å²) >= 11 is 1.73. The maximum atomic E-state index is 13.9.